The number of ether oxygens (including phenoxy) is 1. The summed E-state index contributed by atoms with van der Waals surface area (Å²) in [7, 11) is 0. The van der Waals surface area contributed by atoms with Crippen molar-refractivity contribution >= 4 is 27.5 Å². The van der Waals surface area contributed by atoms with Gasteiger partial charge in [0.05, 0.1) is 16.8 Å². The van der Waals surface area contributed by atoms with Gasteiger partial charge in [0, 0.05) is 12.1 Å². The van der Waals surface area contributed by atoms with E-state index in [0.717, 1.165) is 16.0 Å². The molecule has 5 heteroatoms. The van der Waals surface area contributed by atoms with Crippen molar-refractivity contribution in [1.82, 2.24) is 4.57 Å². The van der Waals surface area contributed by atoms with E-state index in [0.29, 0.717) is 23.5 Å². The standard InChI is InChI=1S/C19H18N2O2S/c1-3-13-21-16-7-5-6-8-17(16)24-19(21)20-18(22)14-9-11-15(12-10-14)23-4-2/h3,5-12H,1,4,13H2,2H3. The first-order valence-electron chi connectivity index (χ1n) is 7.74. The molecule has 0 fully saturated rings. The highest BCUT2D eigenvalue weighted by atomic mass is 32.1. The van der Waals surface area contributed by atoms with Crippen molar-refractivity contribution in [2.75, 3.05) is 6.61 Å². The number of thiazole rings is 1. The molecule has 1 aromatic heterocycles. The molecule has 1 amide bonds. The predicted octanol–water partition coefficient (Wildman–Crippen LogP) is 4.03. The summed E-state index contributed by atoms with van der Waals surface area (Å²) in [6.45, 7) is 6.92. The quantitative estimate of drug-likeness (QED) is 0.659. The number of aromatic nitrogens is 1. The molecule has 0 N–H and O–H groups in total. The molecule has 1 heterocycles. The Kier molecular flexibility index (Phi) is 4.91. The van der Waals surface area contributed by atoms with Gasteiger partial charge in [-0.2, -0.15) is 4.99 Å². The number of para-hydroxylation sites is 1. The second kappa shape index (κ2) is 7.27. The molecule has 0 unspecified atom stereocenters. The molecule has 3 rings (SSSR count). The summed E-state index contributed by atoms with van der Waals surface area (Å²) < 4.78 is 8.49. The number of benzene rings is 2. The smallest absolute Gasteiger partial charge is 0.279 e. The molecule has 24 heavy (non-hydrogen) atoms. The van der Waals surface area contributed by atoms with Gasteiger partial charge in [-0.05, 0) is 43.3 Å². The minimum Gasteiger partial charge on any atom is -0.494 e. The summed E-state index contributed by atoms with van der Waals surface area (Å²) in [5.41, 5.74) is 1.60. The van der Waals surface area contributed by atoms with Gasteiger partial charge in [-0.1, -0.05) is 29.5 Å². The third kappa shape index (κ3) is 3.31. The Bertz CT molecular complexity index is 936. The minimum atomic E-state index is -0.262. The Hall–Kier alpha value is -2.66. The number of nitrogens with zero attached hydrogens (tertiary/aromatic N) is 2. The first-order chi connectivity index (χ1) is 11.7. The Labute approximate surface area is 144 Å². The largest absolute Gasteiger partial charge is 0.494 e. The molecular weight excluding hydrogens is 320 g/mol. The van der Waals surface area contributed by atoms with Gasteiger partial charge in [0.2, 0.25) is 0 Å². The second-order valence-corrected chi connectivity index (χ2v) is 6.14. The van der Waals surface area contributed by atoms with Crippen molar-refractivity contribution in [3.8, 4) is 5.75 Å². The lowest BCUT2D eigenvalue weighted by Gasteiger charge is -2.03. The summed E-state index contributed by atoms with van der Waals surface area (Å²) in [6.07, 6.45) is 1.81. The molecule has 3 aromatic rings. The van der Waals surface area contributed by atoms with Crippen LogP contribution in [-0.2, 0) is 6.54 Å². The van der Waals surface area contributed by atoms with Gasteiger partial charge in [-0.3, -0.25) is 4.79 Å². The molecule has 0 radical (unpaired) electrons. The minimum absolute atomic E-state index is 0.262. The fourth-order valence-corrected chi connectivity index (χ4v) is 3.46. The van der Waals surface area contributed by atoms with Gasteiger partial charge in [0.25, 0.3) is 5.91 Å². The molecule has 0 aliphatic rings. The Morgan fingerprint density at radius 2 is 2.00 bits per heavy atom. The molecule has 0 aliphatic carbocycles. The van der Waals surface area contributed by atoms with E-state index in [1.165, 1.54) is 11.3 Å². The van der Waals surface area contributed by atoms with E-state index in [2.05, 4.69) is 11.6 Å². The van der Waals surface area contributed by atoms with Crippen LogP contribution in [0.4, 0.5) is 0 Å². The molecule has 0 bridgehead atoms. The Morgan fingerprint density at radius 1 is 1.25 bits per heavy atom. The zero-order valence-corrected chi connectivity index (χ0v) is 14.3. The Morgan fingerprint density at radius 3 is 2.71 bits per heavy atom. The first-order valence-corrected chi connectivity index (χ1v) is 8.55. The molecule has 0 atom stereocenters. The third-order valence-corrected chi connectivity index (χ3v) is 4.57. The van der Waals surface area contributed by atoms with E-state index in [1.807, 2.05) is 35.8 Å². The number of hydrogen-bond acceptors (Lipinski definition) is 3. The summed E-state index contributed by atoms with van der Waals surface area (Å²) in [6, 6.07) is 15.1. The summed E-state index contributed by atoms with van der Waals surface area (Å²) >= 11 is 1.50. The van der Waals surface area contributed by atoms with E-state index < -0.39 is 0 Å². The van der Waals surface area contributed by atoms with Gasteiger partial charge < -0.3 is 9.30 Å². The zero-order chi connectivity index (χ0) is 16.9. The number of carbonyl (C=O) groups is 1. The monoisotopic (exact) mass is 338 g/mol. The Balaban J connectivity index is 2.00. The van der Waals surface area contributed by atoms with Crippen molar-refractivity contribution in [3.63, 3.8) is 0 Å². The molecule has 0 saturated carbocycles. The highest BCUT2D eigenvalue weighted by molar-refractivity contribution is 7.16. The van der Waals surface area contributed by atoms with E-state index >= 15 is 0 Å². The highest BCUT2D eigenvalue weighted by Gasteiger charge is 2.08. The van der Waals surface area contributed by atoms with Crippen LogP contribution in [0.15, 0.2) is 66.2 Å². The third-order valence-electron chi connectivity index (χ3n) is 3.51. The topological polar surface area (TPSA) is 43.6 Å². The molecule has 122 valence electrons. The van der Waals surface area contributed by atoms with Crippen molar-refractivity contribution in [2.45, 2.75) is 13.5 Å². The number of hydrogen-bond donors (Lipinski definition) is 0. The van der Waals surface area contributed by atoms with Gasteiger partial charge in [-0.25, -0.2) is 0 Å². The van der Waals surface area contributed by atoms with Crippen molar-refractivity contribution in [2.24, 2.45) is 4.99 Å². The maximum absolute atomic E-state index is 12.5. The maximum atomic E-state index is 12.5. The van der Waals surface area contributed by atoms with Gasteiger partial charge >= 0.3 is 0 Å². The van der Waals surface area contributed by atoms with Crippen molar-refractivity contribution in [3.05, 3.63) is 71.6 Å². The summed E-state index contributed by atoms with van der Waals surface area (Å²) in [5, 5.41) is 0. The molecule has 2 aromatic carbocycles. The van der Waals surface area contributed by atoms with Crippen LogP contribution in [0.25, 0.3) is 10.2 Å². The second-order valence-electron chi connectivity index (χ2n) is 5.13. The van der Waals surface area contributed by atoms with Crippen LogP contribution in [0.2, 0.25) is 0 Å². The lowest BCUT2D eigenvalue weighted by atomic mass is 10.2. The van der Waals surface area contributed by atoms with E-state index in [-0.39, 0.29) is 5.91 Å². The summed E-state index contributed by atoms with van der Waals surface area (Å²) in [5.74, 6) is 0.486. The lowest BCUT2D eigenvalue weighted by molar-refractivity contribution is 0.0998. The van der Waals surface area contributed by atoms with Crippen LogP contribution in [0.1, 0.15) is 17.3 Å². The van der Waals surface area contributed by atoms with Gasteiger partial charge in [0.1, 0.15) is 5.75 Å². The number of carbonyl (C=O) groups excluding carboxylic acids is 1. The fraction of sp³-hybridized carbons (Fsp3) is 0.158. The van der Waals surface area contributed by atoms with Crippen LogP contribution in [0.5, 0.6) is 5.75 Å². The predicted molar refractivity (Wildman–Crippen MR) is 97.5 cm³/mol. The average molecular weight is 338 g/mol. The van der Waals surface area contributed by atoms with Crippen molar-refractivity contribution in [1.29, 1.82) is 0 Å². The molecular formula is C19H18N2O2S. The van der Waals surface area contributed by atoms with E-state index in [4.69, 9.17) is 4.74 Å². The van der Waals surface area contributed by atoms with Crippen LogP contribution in [-0.4, -0.2) is 17.1 Å². The summed E-state index contributed by atoms with van der Waals surface area (Å²) in [4.78, 5) is 17.5. The molecule has 0 saturated heterocycles. The van der Waals surface area contributed by atoms with Gasteiger partial charge in [0.15, 0.2) is 4.80 Å². The normalized spacial score (nSPS) is 11.6. The van der Waals surface area contributed by atoms with E-state index in [1.54, 1.807) is 30.3 Å². The first kappa shape index (κ1) is 16.2. The molecule has 4 nitrogen and oxygen atoms in total. The SMILES string of the molecule is C=CCn1c(=NC(=O)c2ccc(OCC)cc2)sc2ccccc21. The lowest BCUT2D eigenvalue weighted by Crippen LogP contribution is -2.16. The number of allylic oxidation sites excluding steroid dienone is 1. The average Bonchev–Trinajstić information content (AvgIpc) is 2.94. The van der Waals surface area contributed by atoms with Crippen LogP contribution < -0.4 is 9.54 Å². The highest BCUT2D eigenvalue weighted by Crippen LogP contribution is 2.17. The molecule has 0 aliphatic heterocycles. The maximum Gasteiger partial charge on any atom is 0.279 e. The van der Waals surface area contributed by atoms with Crippen LogP contribution in [0, 0.1) is 0 Å². The van der Waals surface area contributed by atoms with Crippen molar-refractivity contribution < 1.29 is 9.53 Å². The van der Waals surface area contributed by atoms with E-state index in [9.17, 15) is 4.79 Å². The van der Waals surface area contributed by atoms with Crippen LogP contribution in [0.3, 0.4) is 0 Å². The number of rotatable bonds is 5. The zero-order valence-electron chi connectivity index (χ0n) is 13.4. The molecule has 0 spiro atoms. The number of fused-ring (bicyclic) bond motifs is 1. The fourth-order valence-electron chi connectivity index (χ4n) is 2.42. The number of amides is 1. The van der Waals surface area contributed by atoms with Crippen LogP contribution >= 0.6 is 11.3 Å². The van der Waals surface area contributed by atoms with Gasteiger partial charge in [-0.15, -0.1) is 6.58 Å².